The van der Waals surface area contributed by atoms with Crippen LogP contribution < -0.4 is 21.3 Å². The highest BCUT2D eigenvalue weighted by Gasteiger charge is 2.78. The van der Waals surface area contributed by atoms with Crippen molar-refractivity contribution in [3.8, 4) is 0 Å². The highest BCUT2D eigenvalue weighted by atomic mass is 16.2. The smallest absolute Gasteiger partial charge is 0.247 e. The first kappa shape index (κ1) is 29.3. The van der Waals surface area contributed by atoms with Crippen LogP contribution in [0.5, 0.6) is 0 Å². The first-order chi connectivity index (χ1) is 24.4. The summed E-state index contributed by atoms with van der Waals surface area (Å²) in [5.41, 5.74) is 4.00. The zero-order valence-corrected chi connectivity index (χ0v) is 27.2. The van der Waals surface area contributed by atoms with E-state index < -0.39 is 47.3 Å². The molecule has 4 aromatic carbocycles. The molecule has 10 nitrogen and oxygen atoms in total. The van der Waals surface area contributed by atoms with Crippen molar-refractivity contribution in [2.75, 3.05) is 10.6 Å². The van der Waals surface area contributed by atoms with Crippen molar-refractivity contribution in [2.45, 2.75) is 73.0 Å². The van der Waals surface area contributed by atoms with Gasteiger partial charge in [0, 0.05) is 24.2 Å². The minimum Gasteiger partial charge on any atom is -0.364 e. The molecule has 0 bridgehead atoms. The van der Waals surface area contributed by atoms with E-state index in [-0.39, 0.29) is 23.6 Å². The summed E-state index contributed by atoms with van der Waals surface area (Å²) in [6, 6.07) is 32.8. The summed E-state index contributed by atoms with van der Waals surface area (Å²) in [5, 5.41) is 13.6. The molecule has 4 N–H and O–H groups in total. The van der Waals surface area contributed by atoms with E-state index in [1.54, 1.807) is 9.80 Å². The fourth-order valence-electron chi connectivity index (χ4n) is 10.4. The van der Waals surface area contributed by atoms with E-state index in [0.717, 1.165) is 33.6 Å². The van der Waals surface area contributed by atoms with Crippen LogP contribution in [0.1, 0.15) is 35.1 Å². The zero-order chi connectivity index (χ0) is 33.8. The highest BCUT2D eigenvalue weighted by Crippen LogP contribution is 2.68. The summed E-state index contributed by atoms with van der Waals surface area (Å²) in [6.07, 6.45) is 0.273. The number of nitrogens with one attached hydrogen (secondary N) is 4. The van der Waals surface area contributed by atoms with Gasteiger partial charge in [0.2, 0.25) is 23.6 Å². The maximum Gasteiger partial charge on any atom is 0.247 e. The Bertz CT molecular complexity index is 1940. The Morgan fingerprint density at radius 1 is 0.500 bits per heavy atom. The lowest BCUT2D eigenvalue weighted by Gasteiger charge is -2.48. The Morgan fingerprint density at radius 3 is 1.30 bits per heavy atom. The van der Waals surface area contributed by atoms with Crippen molar-refractivity contribution in [1.29, 1.82) is 0 Å². The van der Waals surface area contributed by atoms with Crippen LogP contribution >= 0.6 is 0 Å². The number of fused-ring (bicyclic) bond motifs is 11. The SMILES string of the molecule is O=C1N[C@@H](Cc2ccccc2)C(=O)N2[C@@H]1C[C@]1(C34C[C@H]5C(=O)N[C@@H](Cc6ccccc6)C(=O)N5[C@H]3Nc3ccccc34)c3ccccc3N[C@H]21. The number of hydrogen-bond acceptors (Lipinski definition) is 6. The average Bonchev–Trinajstić information content (AvgIpc) is 3.85. The van der Waals surface area contributed by atoms with Gasteiger partial charge in [-0.1, -0.05) is 97.1 Å². The van der Waals surface area contributed by atoms with Crippen LogP contribution in [-0.4, -0.2) is 69.9 Å². The molecule has 10 heteroatoms. The number of nitrogens with zero attached hydrogens (tertiary/aromatic N) is 2. The van der Waals surface area contributed by atoms with Gasteiger partial charge in [-0.2, -0.15) is 0 Å². The van der Waals surface area contributed by atoms with E-state index in [1.807, 2.05) is 97.1 Å². The van der Waals surface area contributed by atoms with Crippen molar-refractivity contribution in [3.63, 3.8) is 0 Å². The number of anilines is 2. The van der Waals surface area contributed by atoms with Crippen molar-refractivity contribution in [3.05, 3.63) is 131 Å². The molecular formula is C40H36N6O4. The number of benzene rings is 4. The van der Waals surface area contributed by atoms with Crippen LogP contribution in [0, 0.1) is 0 Å². The van der Waals surface area contributed by atoms with E-state index in [2.05, 4.69) is 33.4 Å². The van der Waals surface area contributed by atoms with Crippen molar-refractivity contribution in [2.24, 2.45) is 0 Å². The minimum atomic E-state index is -0.861. The third-order valence-corrected chi connectivity index (χ3v) is 12.3. The molecule has 50 heavy (non-hydrogen) atoms. The Labute approximate surface area is 289 Å². The molecule has 6 heterocycles. The summed E-state index contributed by atoms with van der Waals surface area (Å²) >= 11 is 0. The van der Waals surface area contributed by atoms with Crippen LogP contribution in [0.15, 0.2) is 109 Å². The first-order valence-electron chi connectivity index (χ1n) is 17.5. The standard InChI is InChI=1S/C40H36N6O4/c47-33-31-21-39(25-15-7-9-17-27(25)43-37(39)45(31)35(49)29(41-33)19-23-11-3-1-4-12-23)40-22-32-34(48)42-30(20-24-13-5-2-6-14-24)36(50)46(32)38(40)44-28-18-10-8-16-26(28)40/h1-18,29-32,37-38,43-44H,19-22H2,(H,41,47)(H,42,48)/t29-,30-,31-,32+,37+,38+,39?,40-/m0/s1. The third-order valence-electron chi connectivity index (χ3n) is 12.3. The molecule has 0 radical (unpaired) electrons. The minimum absolute atomic E-state index is 0.134. The largest absolute Gasteiger partial charge is 0.364 e. The molecule has 0 spiro atoms. The van der Waals surface area contributed by atoms with Crippen molar-refractivity contribution < 1.29 is 19.2 Å². The Kier molecular flexibility index (Phi) is 6.11. The van der Waals surface area contributed by atoms with Crippen LogP contribution in [0.3, 0.4) is 0 Å². The molecule has 1 unspecified atom stereocenters. The van der Waals surface area contributed by atoms with Gasteiger partial charge in [0.15, 0.2) is 0 Å². The normalized spacial score (nSPS) is 32.9. The van der Waals surface area contributed by atoms with Gasteiger partial charge in [-0.15, -0.1) is 0 Å². The molecule has 10 rings (SSSR count). The van der Waals surface area contributed by atoms with Crippen molar-refractivity contribution in [1.82, 2.24) is 20.4 Å². The van der Waals surface area contributed by atoms with Gasteiger partial charge in [-0.3, -0.25) is 19.2 Å². The van der Waals surface area contributed by atoms with Gasteiger partial charge < -0.3 is 31.1 Å². The highest BCUT2D eigenvalue weighted by molar-refractivity contribution is 6.01. The summed E-state index contributed by atoms with van der Waals surface area (Å²) in [4.78, 5) is 61.2. The van der Waals surface area contributed by atoms with Gasteiger partial charge in [-0.05, 0) is 47.2 Å². The number of amides is 4. The molecule has 4 fully saturated rings. The molecule has 0 aromatic heterocycles. The van der Waals surface area contributed by atoms with Crippen LogP contribution in [0.25, 0.3) is 0 Å². The maximum absolute atomic E-state index is 14.6. The molecule has 4 aromatic rings. The lowest BCUT2D eigenvalue weighted by atomic mass is 9.54. The fourth-order valence-corrected chi connectivity index (χ4v) is 10.4. The van der Waals surface area contributed by atoms with E-state index in [1.165, 1.54) is 0 Å². The molecule has 4 amide bonds. The van der Waals surface area contributed by atoms with Crippen molar-refractivity contribution >= 4 is 35.0 Å². The molecular weight excluding hydrogens is 628 g/mol. The quantitative estimate of drug-likeness (QED) is 0.260. The van der Waals surface area contributed by atoms with E-state index in [4.69, 9.17) is 0 Å². The number of carbonyl (C=O) groups excluding carboxylic acids is 4. The van der Waals surface area contributed by atoms with Gasteiger partial charge in [0.1, 0.15) is 36.5 Å². The van der Waals surface area contributed by atoms with E-state index in [0.29, 0.717) is 25.7 Å². The maximum atomic E-state index is 14.6. The molecule has 250 valence electrons. The predicted molar refractivity (Wildman–Crippen MR) is 186 cm³/mol. The topological polar surface area (TPSA) is 123 Å². The summed E-state index contributed by atoms with van der Waals surface area (Å²) < 4.78 is 0. The van der Waals surface area contributed by atoms with Gasteiger partial charge in [-0.25, -0.2) is 0 Å². The number of hydrogen-bond donors (Lipinski definition) is 4. The second-order valence-electron chi connectivity index (χ2n) is 14.6. The molecule has 4 saturated heterocycles. The Balaban J connectivity index is 1.13. The third kappa shape index (κ3) is 3.73. The van der Waals surface area contributed by atoms with Crippen LogP contribution in [0.4, 0.5) is 11.4 Å². The van der Waals surface area contributed by atoms with Gasteiger partial charge >= 0.3 is 0 Å². The number of para-hydroxylation sites is 2. The summed E-state index contributed by atoms with van der Waals surface area (Å²) in [7, 11) is 0. The number of rotatable bonds is 5. The average molecular weight is 665 g/mol. The zero-order valence-electron chi connectivity index (χ0n) is 27.2. The number of carbonyl (C=O) groups is 4. The molecule has 6 aliphatic rings. The Morgan fingerprint density at radius 2 is 0.880 bits per heavy atom. The molecule has 0 saturated carbocycles. The van der Waals surface area contributed by atoms with Crippen LogP contribution in [0.2, 0.25) is 0 Å². The predicted octanol–water partition coefficient (Wildman–Crippen LogP) is 3.05. The van der Waals surface area contributed by atoms with Gasteiger partial charge in [0.05, 0.1) is 10.8 Å². The lowest BCUT2D eigenvalue weighted by Crippen LogP contribution is -2.67. The van der Waals surface area contributed by atoms with Crippen LogP contribution in [-0.2, 0) is 42.8 Å². The van der Waals surface area contributed by atoms with E-state index in [9.17, 15) is 19.2 Å². The molecule has 6 aliphatic heterocycles. The molecule has 0 aliphatic carbocycles. The second kappa shape index (κ2) is 10.4. The molecule has 8 atom stereocenters. The summed E-state index contributed by atoms with van der Waals surface area (Å²) in [5.74, 6) is -0.632. The van der Waals surface area contributed by atoms with Gasteiger partial charge in [0.25, 0.3) is 0 Å². The monoisotopic (exact) mass is 664 g/mol. The second-order valence-corrected chi connectivity index (χ2v) is 14.6. The summed E-state index contributed by atoms with van der Waals surface area (Å²) in [6.45, 7) is 0. The number of piperazine rings is 2. The van der Waals surface area contributed by atoms with E-state index >= 15 is 0 Å². The Hall–Kier alpha value is -5.64. The first-order valence-corrected chi connectivity index (χ1v) is 17.5. The lowest BCUT2D eigenvalue weighted by molar-refractivity contribution is -0.149. The fraction of sp³-hybridized carbons (Fsp3) is 0.300.